The number of ether oxygens (including phenoxy) is 2. The van der Waals surface area contributed by atoms with Crippen molar-refractivity contribution in [1.29, 1.82) is 0 Å². The second-order valence-electron chi connectivity index (χ2n) is 5.04. The van der Waals surface area contributed by atoms with Crippen LogP contribution in [0.25, 0.3) is 0 Å². The maximum absolute atomic E-state index is 12.1. The number of hydrogen-bond donors (Lipinski definition) is 0. The molecule has 0 N–H and O–H groups in total. The first kappa shape index (κ1) is 14.5. The molecule has 0 saturated heterocycles. The average Bonchev–Trinajstić information content (AvgIpc) is 2.38. The monoisotopic (exact) mass is 277 g/mol. The summed E-state index contributed by atoms with van der Waals surface area (Å²) in [4.78, 5) is 25.7. The Morgan fingerprint density at radius 3 is 2.80 bits per heavy atom. The van der Waals surface area contributed by atoms with Crippen molar-refractivity contribution in [2.45, 2.75) is 13.3 Å². The molecule has 108 valence electrons. The number of fused-ring (bicyclic) bond motifs is 1. The zero-order chi connectivity index (χ0) is 14.7. The normalized spacial score (nSPS) is 13.9. The number of likely N-dealkylation sites (N-methyl/N-ethyl adjacent to an activating group) is 1. The number of ketones is 2. The lowest BCUT2D eigenvalue weighted by molar-refractivity contribution is 0.0924. The lowest BCUT2D eigenvalue weighted by Crippen LogP contribution is -2.22. The SMILES string of the molecule is CC(=O)c1ccc(OCCN(C)C)c2c1OCCC2=O. The van der Waals surface area contributed by atoms with E-state index >= 15 is 0 Å². The summed E-state index contributed by atoms with van der Waals surface area (Å²) < 4.78 is 11.2. The summed E-state index contributed by atoms with van der Waals surface area (Å²) >= 11 is 0. The second kappa shape index (κ2) is 6.05. The van der Waals surface area contributed by atoms with Gasteiger partial charge in [-0.15, -0.1) is 0 Å². The molecule has 0 unspecified atom stereocenters. The summed E-state index contributed by atoms with van der Waals surface area (Å²) in [5, 5.41) is 0. The summed E-state index contributed by atoms with van der Waals surface area (Å²) in [5.41, 5.74) is 0.843. The van der Waals surface area contributed by atoms with Gasteiger partial charge in [0.25, 0.3) is 0 Å². The number of hydrogen-bond acceptors (Lipinski definition) is 5. The third kappa shape index (κ3) is 2.99. The Bertz CT molecular complexity index is 537. The molecule has 0 fully saturated rings. The molecule has 0 radical (unpaired) electrons. The van der Waals surface area contributed by atoms with E-state index in [1.54, 1.807) is 12.1 Å². The molecule has 1 heterocycles. The Morgan fingerprint density at radius 2 is 2.15 bits per heavy atom. The largest absolute Gasteiger partial charge is 0.491 e. The number of nitrogens with zero attached hydrogens (tertiary/aromatic N) is 1. The molecule has 0 atom stereocenters. The van der Waals surface area contributed by atoms with E-state index in [2.05, 4.69) is 0 Å². The van der Waals surface area contributed by atoms with Crippen molar-refractivity contribution in [2.75, 3.05) is 33.9 Å². The molecule has 0 aromatic heterocycles. The molecular formula is C15H19NO4. The van der Waals surface area contributed by atoms with Gasteiger partial charge in [-0.25, -0.2) is 0 Å². The smallest absolute Gasteiger partial charge is 0.173 e. The van der Waals surface area contributed by atoms with E-state index in [9.17, 15) is 9.59 Å². The predicted molar refractivity (Wildman–Crippen MR) is 74.9 cm³/mol. The van der Waals surface area contributed by atoms with Crippen molar-refractivity contribution in [3.8, 4) is 11.5 Å². The van der Waals surface area contributed by atoms with E-state index < -0.39 is 0 Å². The van der Waals surface area contributed by atoms with Gasteiger partial charge in [-0.1, -0.05) is 0 Å². The highest BCUT2D eigenvalue weighted by molar-refractivity contribution is 6.07. The van der Waals surface area contributed by atoms with Gasteiger partial charge in [0.15, 0.2) is 11.6 Å². The Balaban J connectivity index is 2.33. The van der Waals surface area contributed by atoms with Crippen LogP contribution in [0.1, 0.15) is 34.1 Å². The molecule has 0 bridgehead atoms. The number of rotatable bonds is 5. The van der Waals surface area contributed by atoms with E-state index in [0.717, 1.165) is 6.54 Å². The quantitative estimate of drug-likeness (QED) is 0.768. The number of benzene rings is 1. The lowest BCUT2D eigenvalue weighted by atomic mass is 9.98. The zero-order valence-corrected chi connectivity index (χ0v) is 12.1. The van der Waals surface area contributed by atoms with E-state index in [1.807, 2.05) is 19.0 Å². The van der Waals surface area contributed by atoms with Crippen LogP contribution in [0.5, 0.6) is 11.5 Å². The summed E-state index contributed by atoms with van der Waals surface area (Å²) in [6.45, 7) is 3.00. The Hall–Kier alpha value is -1.88. The fourth-order valence-electron chi connectivity index (χ4n) is 2.09. The van der Waals surface area contributed by atoms with Crippen LogP contribution < -0.4 is 9.47 Å². The number of carbonyl (C=O) groups is 2. The van der Waals surface area contributed by atoms with Crippen molar-refractivity contribution in [2.24, 2.45) is 0 Å². The molecule has 1 aliphatic heterocycles. The summed E-state index contributed by atoms with van der Waals surface area (Å²) in [5.74, 6) is 0.720. The van der Waals surface area contributed by atoms with Gasteiger partial charge in [0.05, 0.1) is 12.2 Å². The average molecular weight is 277 g/mol. The maximum Gasteiger partial charge on any atom is 0.173 e. The first-order valence-corrected chi connectivity index (χ1v) is 6.62. The van der Waals surface area contributed by atoms with Crippen LogP contribution in [0.4, 0.5) is 0 Å². The molecule has 0 saturated carbocycles. The van der Waals surface area contributed by atoms with Crippen LogP contribution in [0.15, 0.2) is 12.1 Å². The summed E-state index contributed by atoms with van der Waals surface area (Å²) in [6.07, 6.45) is 0.318. The van der Waals surface area contributed by atoms with Crippen LogP contribution in [0.3, 0.4) is 0 Å². The summed E-state index contributed by atoms with van der Waals surface area (Å²) in [6, 6.07) is 3.34. The predicted octanol–water partition coefficient (Wildman–Crippen LogP) is 1.79. The highest BCUT2D eigenvalue weighted by atomic mass is 16.5. The van der Waals surface area contributed by atoms with Crippen LogP contribution in [0, 0.1) is 0 Å². The Morgan fingerprint density at radius 1 is 1.40 bits per heavy atom. The van der Waals surface area contributed by atoms with Crippen molar-refractivity contribution >= 4 is 11.6 Å². The van der Waals surface area contributed by atoms with Crippen molar-refractivity contribution < 1.29 is 19.1 Å². The number of carbonyl (C=O) groups excluding carboxylic acids is 2. The third-order valence-electron chi connectivity index (χ3n) is 3.15. The molecule has 0 amide bonds. The van der Waals surface area contributed by atoms with Gasteiger partial charge in [-0.3, -0.25) is 9.59 Å². The van der Waals surface area contributed by atoms with Crippen LogP contribution in [0.2, 0.25) is 0 Å². The van der Waals surface area contributed by atoms with Gasteiger partial charge in [0, 0.05) is 13.0 Å². The van der Waals surface area contributed by atoms with Crippen molar-refractivity contribution in [3.05, 3.63) is 23.3 Å². The highest BCUT2D eigenvalue weighted by Gasteiger charge is 2.27. The van der Waals surface area contributed by atoms with Crippen molar-refractivity contribution in [1.82, 2.24) is 4.90 Å². The molecule has 5 heteroatoms. The van der Waals surface area contributed by atoms with Gasteiger partial charge in [0.2, 0.25) is 0 Å². The highest BCUT2D eigenvalue weighted by Crippen LogP contribution is 2.36. The minimum absolute atomic E-state index is 0.0331. The molecule has 0 aliphatic carbocycles. The van der Waals surface area contributed by atoms with Crippen LogP contribution in [-0.2, 0) is 0 Å². The van der Waals surface area contributed by atoms with E-state index in [-0.39, 0.29) is 11.6 Å². The third-order valence-corrected chi connectivity index (χ3v) is 3.15. The van der Waals surface area contributed by atoms with E-state index in [0.29, 0.717) is 42.3 Å². The zero-order valence-electron chi connectivity index (χ0n) is 12.1. The fourth-order valence-corrected chi connectivity index (χ4v) is 2.09. The second-order valence-corrected chi connectivity index (χ2v) is 5.04. The van der Waals surface area contributed by atoms with Gasteiger partial charge < -0.3 is 14.4 Å². The minimum atomic E-state index is -0.115. The van der Waals surface area contributed by atoms with Gasteiger partial charge in [0.1, 0.15) is 23.7 Å². The lowest BCUT2D eigenvalue weighted by Gasteiger charge is -2.22. The van der Waals surface area contributed by atoms with E-state index in [4.69, 9.17) is 9.47 Å². The topological polar surface area (TPSA) is 55.8 Å². The minimum Gasteiger partial charge on any atom is -0.491 e. The summed E-state index contributed by atoms with van der Waals surface area (Å²) in [7, 11) is 3.90. The molecule has 1 aliphatic rings. The van der Waals surface area contributed by atoms with Gasteiger partial charge in [-0.2, -0.15) is 0 Å². The Kier molecular flexibility index (Phi) is 4.39. The molecule has 1 aromatic rings. The Labute approximate surface area is 118 Å². The molecular weight excluding hydrogens is 258 g/mol. The number of Topliss-reactive ketones (excluding diaryl/α,β-unsaturated/α-hetero) is 2. The first-order chi connectivity index (χ1) is 9.50. The van der Waals surface area contributed by atoms with Gasteiger partial charge >= 0.3 is 0 Å². The molecule has 0 spiro atoms. The molecule has 5 nitrogen and oxygen atoms in total. The fraction of sp³-hybridized carbons (Fsp3) is 0.467. The standard InChI is InChI=1S/C15H19NO4/c1-10(17)11-4-5-13(19-9-7-16(2)3)14-12(18)6-8-20-15(11)14/h4-5H,6-9H2,1-3H3. The molecule has 20 heavy (non-hydrogen) atoms. The maximum atomic E-state index is 12.1. The van der Waals surface area contributed by atoms with E-state index in [1.165, 1.54) is 6.92 Å². The van der Waals surface area contributed by atoms with Crippen LogP contribution in [-0.4, -0.2) is 50.3 Å². The van der Waals surface area contributed by atoms with Crippen molar-refractivity contribution in [3.63, 3.8) is 0 Å². The first-order valence-electron chi connectivity index (χ1n) is 6.62. The van der Waals surface area contributed by atoms with Crippen LogP contribution >= 0.6 is 0 Å². The molecule has 2 rings (SSSR count). The molecule has 1 aromatic carbocycles. The van der Waals surface area contributed by atoms with Gasteiger partial charge in [-0.05, 0) is 33.2 Å².